The predicted octanol–water partition coefficient (Wildman–Crippen LogP) is 2.19. The van der Waals surface area contributed by atoms with E-state index in [1.165, 1.54) is 0 Å². The molecular weight excluding hydrogens is 250 g/mol. The molecular formula is C9H12BrNOS. The average Bonchev–Trinajstić information content (AvgIpc) is 2.57. The first-order chi connectivity index (χ1) is 6.33. The third-order valence-corrected chi connectivity index (χ3v) is 2.98. The summed E-state index contributed by atoms with van der Waals surface area (Å²) in [5, 5.41) is 5.78. The maximum Gasteiger partial charge on any atom is 0.225 e. The fraction of sp³-hybridized carbons (Fsp3) is 0.444. The Morgan fingerprint density at radius 3 is 3.08 bits per heavy atom. The Labute approximate surface area is 90.5 Å². The number of hydrogen-bond acceptors (Lipinski definition) is 2. The number of rotatable bonds is 5. The number of hydrogen-bond donors (Lipinski definition) is 1. The molecule has 0 saturated heterocycles. The van der Waals surface area contributed by atoms with Gasteiger partial charge in [0.15, 0.2) is 0 Å². The molecule has 0 aliphatic heterocycles. The predicted molar refractivity (Wildman–Crippen MR) is 59.4 cm³/mol. The summed E-state index contributed by atoms with van der Waals surface area (Å²) in [6.45, 7) is 0.759. The van der Waals surface area contributed by atoms with Gasteiger partial charge in [-0.25, -0.2) is 0 Å². The van der Waals surface area contributed by atoms with Crippen molar-refractivity contribution in [2.75, 3.05) is 11.9 Å². The monoisotopic (exact) mass is 261 g/mol. The fourth-order valence-electron chi connectivity index (χ4n) is 0.929. The number of alkyl halides is 1. The quantitative estimate of drug-likeness (QED) is 0.639. The Morgan fingerprint density at radius 2 is 2.46 bits per heavy atom. The van der Waals surface area contributed by atoms with Crippen LogP contribution in [0.2, 0.25) is 0 Å². The van der Waals surface area contributed by atoms with Gasteiger partial charge in [-0.1, -0.05) is 22.0 Å². The van der Waals surface area contributed by atoms with Crippen LogP contribution in [-0.2, 0) is 11.2 Å². The van der Waals surface area contributed by atoms with Gasteiger partial charge in [-0.3, -0.25) is 4.79 Å². The highest BCUT2D eigenvalue weighted by Crippen LogP contribution is 2.08. The fourth-order valence-corrected chi connectivity index (χ4v) is 1.91. The Hall–Kier alpha value is -0.350. The van der Waals surface area contributed by atoms with E-state index in [0.29, 0.717) is 6.42 Å². The number of amides is 1. The number of carbonyl (C=O) groups is 1. The highest BCUT2D eigenvalue weighted by molar-refractivity contribution is 9.09. The molecule has 0 atom stereocenters. The SMILES string of the molecule is O=C(Cc1cccs1)NCCCBr. The second-order valence-corrected chi connectivity index (χ2v) is 4.47. The molecule has 1 heterocycles. The zero-order chi connectivity index (χ0) is 9.52. The highest BCUT2D eigenvalue weighted by atomic mass is 79.9. The van der Waals surface area contributed by atoms with E-state index in [0.717, 1.165) is 23.2 Å². The van der Waals surface area contributed by atoms with Crippen molar-refractivity contribution in [1.29, 1.82) is 0 Å². The molecule has 1 rings (SSSR count). The van der Waals surface area contributed by atoms with Crippen molar-refractivity contribution < 1.29 is 4.79 Å². The van der Waals surface area contributed by atoms with Crippen LogP contribution in [0.4, 0.5) is 0 Å². The van der Waals surface area contributed by atoms with Gasteiger partial charge in [0.25, 0.3) is 0 Å². The van der Waals surface area contributed by atoms with Gasteiger partial charge in [-0.05, 0) is 17.9 Å². The van der Waals surface area contributed by atoms with Crippen molar-refractivity contribution in [3.8, 4) is 0 Å². The van der Waals surface area contributed by atoms with Crippen LogP contribution in [0.25, 0.3) is 0 Å². The molecule has 1 N–H and O–H groups in total. The first-order valence-corrected chi connectivity index (χ1v) is 6.18. The van der Waals surface area contributed by atoms with E-state index in [2.05, 4.69) is 21.2 Å². The van der Waals surface area contributed by atoms with Gasteiger partial charge in [-0.2, -0.15) is 0 Å². The van der Waals surface area contributed by atoms with Crippen molar-refractivity contribution in [3.05, 3.63) is 22.4 Å². The lowest BCUT2D eigenvalue weighted by atomic mass is 10.3. The smallest absolute Gasteiger partial charge is 0.225 e. The van der Waals surface area contributed by atoms with Crippen molar-refractivity contribution in [1.82, 2.24) is 5.32 Å². The molecule has 1 amide bonds. The third-order valence-electron chi connectivity index (χ3n) is 1.55. The molecule has 0 bridgehead atoms. The number of thiophene rings is 1. The van der Waals surface area contributed by atoms with Crippen LogP contribution in [0.3, 0.4) is 0 Å². The summed E-state index contributed by atoms with van der Waals surface area (Å²) in [6, 6.07) is 3.94. The number of nitrogens with one attached hydrogen (secondary N) is 1. The Morgan fingerprint density at radius 1 is 1.62 bits per heavy atom. The minimum absolute atomic E-state index is 0.114. The highest BCUT2D eigenvalue weighted by Gasteiger charge is 2.02. The third kappa shape index (κ3) is 4.43. The van der Waals surface area contributed by atoms with Crippen LogP contribution in [0.1, 0.15) is 11.3 Å². The van der Waals surface area contributed by atoms with E-state index in [1.54, 1.807) is 11.3 Å². The summed E-state index contributed by atoms with van der Waals surface area (Å²) in [7, 11) is 0. The lowest BCUT2D eigenvalue weighted by Gasteiger charge is -2.01. The summed E-state index contributed by atoms with van der Waals surface area (Å²) in [4.78, 5) is 12.4. The molecule has 0 fully saturated rings. The van der Waals surface area contributed by atoms with Gasteiger partial charge in [0.2, 0.25) is 5.91 Å². The second-order valence-electron chi connectivity index (χ2n) is 2.65. The molecule has 0 saturated carbocycles. The van der Waals surface area contributed by atoms with Gasteiger partial charge < -0.3 is 5.32 Å². The molecule has 13 heavy (non-hydrogen) atoms. The van der Waals surface area contributed by atoms with Crippen molar-refractivity contribution in [2.24, 2.45) is 0 Å². The van der Waals surface area contributed by atoms with Gasteiger partial charge in [0.05, 0.1) is 6.42 Å². The largest absolute Gasteiger partial charge is 0.356 e. The molecule has 72 valence electrons. The zero-order valence-corrected chi connectivity index (χ0v) is 9.66. The summed E-state index contributed by atoms with van der Waals surface area (Å²) in [6.07, 6.45) is 1.50. The zero-order valence-electron chi connectivity index (χ0n) is 7.25. The van der Waals surface area contributed by atoms with Crippen molar-refractivity contribution >= 4 is 33.2 Å². The van der Waals surface area contributed by atoms with Crippen LogP contribution in [0, 0.1) is 0 Å². The van der Waals surface area contributed by atoms with Crippen molar-refractivity contribution in [2.45, 2.75) is 12.8 Å². The first kappa shape index (κ1) is 10.7. The maximum atomic E-state index is 11.3. The normalized spacial score (nSPS) is 9.92. The summed E-state index contributed by atoms with van der Waals surface area (Å²) in [5.74, 6) is 0.114. The maximum absolute atomic E-state index is 11.3. The van der Waals surface area contributed by atoms with E-state index in [1.807, 2.05) is 17.5 Å². The first-order valence-electron chi connectivity index (χ1n) is 4.18. The molecule has 1 aromatic rings. The molecule has 0 aliphatic carbocycles. The standard InChI is InChI=1S/C9H12BrNOS/c10-4-2-5-11-9(12)7-8-3-1-6-13-8/h1,3,6H,2,4-5,7H2,(H,11,12). The minimum atomic E-state index is 0.114. The van der Waals surface area contributed by atoms with Crippen LogP contribution in [-0.4, -0.2) is 17.8 Å². The Balaban J connectivity index is 2.18. The van der Waals surface area contributed by atoms with E-state index in [9.17, 15) is 4.79 Å². The molecule has 0 unspecified atom stereocenters. The van der Waals surface area contributed by atoms with E-state index in [4.69, 9.17) is 0 Å². The molecule has 2 nitrogen and oxygen atoms in total. The lowest BCUT2D eigenvalue weighted by Crippen LogP contribution is -2.25. The summed E-state index contributed by atoms with van der Waals surface area (Å²) in [5.41, 5.74) is 0. The Bertz CT molecular complexity index is 248. The molecule has 0 spiro atoms. The van der Waals surface area contributed by atoms with Gasteiger partial charge in [0.1, 0.15) is 0 Å². The lowest BCUT2D eigenvalue weighted by molar-refractivity contribution is -0.120. The van der Waals surface area contributed by atoms with Crippen LogP contribution in [0.5, 0.6) is 0 Å². The van der Waals surface area contributed by atoms with Gasteiger partial charge >= 0.3 is 0 Å². The molecule has 0 aliphatic rings. The molecule has 0 aromatic carbocycles. The molecule has 1 aromatic heterocycles. The second kappa shape index (κ2) is 6.16. The van der Waals surface area contributed by atoms with Crippen LogP contribution < -0.4 is 5.32 Å². The topological polar surface area (TPSA) is 29.1 Å². The molecule has 4 heteroatoms. The van der Waals surface area contributed by atoms with E-state index in [-0.39, 0.29) is 5.91 Å². The average molecular weight is 262 g/mol. The van der Waals surface area contributed by atoms with E-state index < -0.39 is 0 Å². The Kier molecular flexibility index (Phi) is 5.08. The van der Waals surface area contributed by atoms with Crippen LogP contribution in [0.15, 0.2) is 17.5 Å². The van der Waals surface area contributed by atoms with Gasteiger partial charge in [0, 0.05) is 16.8 Å². The molecule has 0 radical (unpaired) electrons. The van der Waals surface area contributed by atoms with Crippen molar-refractivity contribution in [3.63, 3.8) is 0 Å². The number of carbonyl (C=O) groups excluding carboxylic acids is 1. The summed E-state index contributed by atoms with van der Waals surface area (Å²) >= 11 is 4.93. The summed E-state index contributed by atoms with van der Waals surface area (Å²) < 4.78 is 0. The van der Waals surface area contributed by atoms with Gasteiger partial charge in [-0.15, -0.1) is 11.3 Å². The van der Waals surface area contributed by atoms with Crippen LogP contribution >= 0.6 is 27.3 Å². The minimum Gasteiger partial charge on any atom is -0.356 e. The van der Waals surface area contributed by atoms with E-state index >= 15 is 0 Å². The number of halogens is 1.